The predicted octanol–water partition coefficient (Wildman–Crippen LogP) is 5.44. The fourth-order valence-electron chi connectivity index (χ4n) is 1.21. The Hall–Kier alpha value is -0.890. The predicted molar refractivity (Wildman–Crippen MR) is 68.0 cm³/mol. The van der Waals surface area contributed by atoms with Gasteiger partial charge in [-0.05, 0) is 30.3 Å². The SMILES string of the molecule is Clc1cccc(Oc2cc(Cl)ccc2Cl)c1. The normalized spacial score (nSPS) is 10.2. The van der Waals surface area contributed by atoms with Crippen LogP contribution in [0.1, 0.15) is 0 Å². The molecule has 2 rings (SSSR count). The molecule has 0 aliphatic heterocycles. The molecular weight excluding hydrogens is 266 g/mol. The van der Waals surface area contributed by atoms with Gasteiger partial charge in [0.25, 0.3) is 0 Å². The minimum Gasteiger partial charge on any atom is -0.456 e. The lowest BCUT2D eigenvalue weighted by Crippen LogP contribution is -1.85. The maximum atomic E-state index is 5.97. The van der Waals surface area contributed by atoms with E-state index in [0.717, 1.165) is 0 Å². The minimum atomic E-state index is 0.504. The van der Waals surface area contributed by atoms with Gasteiger partial charge in [0.15, 0.2) is 0 Å². The Morgan fingerprint density at radius 1 is 0.812 bits per heavy atom. The number of hydrogen-bond donors (Lipinski definition) is 0. The highest BCUT2D eigenvalue weighted by Crippen LogP contribution is 2.32. The van der Waals surface area contributed by atoms with Gasteiger partial charge in [-0.25, -0.2) is 0 Å². The van der Waals surface area contributed by atoms with Crippen LogP contribution in [0.4, 0.5) is 0 Å². The van der Waals surface area contributed by atoms with Gasteiger partial charge in [-0.3, -0.25) is 0 Å². The van der Waals surface area contributed by atoms with Gasteiger partial charge in [0.1, 0.15) is 11.5 Å². The Bertz CT molecular complexity index is 511. The summed E-state index contributed by atoms with van der Waals surface area (Å²) in [6, 6.07) is 12.1. The lowest BCUT2D eigenvalue weighted by atomic mass is 10.3. The maximum Gasteiger partial charge on any atom is 0.147 e. The van der Waals surface area contributed by atoms with E-state index in [1.807, 2.05) is 0 Å². The highest BCUT2D eigenvalue weighted by Gasteiger charge is 2.04. The first-order chi connectivity index (χ1) is 7.65. The smallest absolute Gasteiger partial charge is 0.147 e. The zero-order valence-electron chi connectivity index (χ0n) is 8.08. The van der Waals surface area contributed by atoms with Gasteiger partial charge in [0, 0.05) is 16.1 Å². The summed E-state index contributed by atoms with van der Waals surface area (Å²) in [5, 5.41) is 1.68. The van der Waals surface area contributed by atoms with E-state index in [4.69, 9.17) is 39.5 Å². The molecule has 0 radical (unpaired) electrons. The molecule has 0 amide bonds. The summed E-state index contributed by atoms with van der Waals surface area (Å²) in [5.41, 5.74) is 0. The Morgan fingerprint density at radius 2 is 1.56 bits per heavy atom. The highest BCUT2D eigenvalue weighted by atomic mass is 35.5. The highest BCUT2D eigenvalue weighted by molar-refractivity contribution is 6.34. The monoisotopic (exact) mass is 272 g/mol. The molecule has 0 spiro atoms. The molecule has 0 unspecified atom stereocenters. The van der Waals surface area contributed by atoms with Crippen molar-refractivity contribution in [1.29, 1.82) is 0 Å². The topological polar surface area (TPSA) is 9.23 Å². The standard InChI is InChI=1S/C12H7Cl3O/c13-8-2-1-3-10(6-8)16-12-7-9(14)4-5-11(12)15/h1-7H. The van der Waals surface area contributed by atoms with E-state index in [1.165, 1.54) is 0 Å². The molecule has 0 saturated heterocycles. The van der Waals surface area contributed by atoms with Crippen LogP contribution in [0.3, 0.4) is 0 Å². The van der Waals surface area contributed by atoms with E-state index < -0.39 is 0 Å². The zero-order chi connectivity index (χ0) is 11.5. The summed E-state index contributed by atoms with van der Waals surface area (Å²) in [4.78, 5) is 0. The van der Waals surface area contributed by atoms with Crippen LogP contribution in [-0.4, -0.2) is 0 Å². The first-order valence-corrected chi connectivity index (χ1v) is 5.67. The van der Waals surface area contributed by atoms with Gasteiger partial charge in [-0.2, -0.15) is 0 Å². The van der Waals surface area contributed by atoms with Crippen LogP contribution in [0.2, 0.25) is 15.1 Å². The van der Waals surface area contributed by atoms with Crippen molar-refractivity contribution < 1.29 is 4.74 Å². The molecule has 0 N–H and O–H groups in total. The fourth-order valence-corrected chi connectivity index (χ4v) is 1.71. The summed E-state index contributed by atoms with van der Waals surface area (Å²) in [7, 11) is 0. The zero-order valence-corrected chi connectivity index (χ0v) is 10.4. The molecule has 0 aliphatic carbocycles. The van der Waals surface area contributed by atoms with Crippen molar-refractivity contribution in [2.24, 2.45) is 0 Å². The number of benzene rings is 2. The molecule has 0 atom stereocenters. The molecule has 0 fully saturated rings. The second-order valence-electron chi connectivity index (χ2n) is 3.13. The minimum absolute atomic E-state index is 0.504. The van der Waals surface area contributed by atoms with Crippen LogP contribution in [0.5, 0.6) is 11.5 Å². The molecule has 0 aromatic heterocycles. The van der Waals surface area contributed by atoms with Crippen LogP contribution in [0, 0.1) is 0 Å². The van der Waals surface area contributed by atoms with Crippen LogP contribution >= 0.6 is 34.8 Å². The van der Waals surface area contributed by atoms with Crippen molar-refractivity contribution in [3.05, 3.63) is 57.5 Å². The second-order valence-corrected chi connectivity index (χ2v) is 4.41. The third-order valence-electron chi connectivity index (χ3n) is 1.92. The van der Waals surface area contributed by atoms with Crippen LogP contribution in [0.15, 0.2) is 42.5 Å². The average Bonchev–Trinajstić information content (AvgIpc) is 2.24. The Kier molecular flexibility index (Phi) is 3.59. The van der Waals surface area contributed by atoms with E-state index in [-0.39, 0.29) is 0 Å². The quantitative estimate of drug-likeness (QED) is 0.708. The van der Waals surface area contributed by atoms with Crippen molar-refractivity contribution in [2.75, 3.05) is 0 Å². The first kappa shape index (κ1) is 11.6. The van der Waals surface area contributed by atoms with Crippen molar-refractivity contribution in [3.8, 4) is 11.5 Å². The summed E-state index contributed by atoms with van der Waals surface area (Å²) >= 11 is 17.7. The van der Waals surface area contributed by atoms with E-state index in [1.54, 1.807) is 42.5 Å². The number of rotatable bonds is 2. The van der Waals surface area contributed by atoms with Gasteiger partial charge in [-0.15, -0.1) is 0 Å². The largest absolute Gasteiger partial charge is 0.456 e. The van der Waals surface area contributed by atoms with E-state index in [9.17, 15) is 0 Å². The van der Waals surface area contributed by atoms with Crippen molar-refractivity contribution >= 4 is 34.8 Å². The third-order valence-corrected chi connectivity index (χ3v) is 2.70. The molecule has 0 aliphatic rings. The molecule has 2 aromatic rings. The molecule has 4 heteroatoms. The van der Waals surface area contributed by atoms with Crippen LogP contribution in [0.25, 0.3) is 0 Å². The summed E-state index contributed by atoms with van der Waals surface area (Å²) < 4.78 is 5.57. The van der Waals surface area contributed by atoms with Crippen LogP contribution < -0.4 is 4.74 Å². The molecule has 82 valence electrons. The molecule has 1 nitrogen and oxygen atoms in total. The maximum absolute atomic E-state index is 5.97. The third kappa shape index (κ3) is 2.82. The summed E-state index contributed by atoms with van der Waals surface area (Å²) in [6.45, 7) is 0. The van der Waals surface area contributed by atoms with Gasteiger partial charge >= 0.3 is 0 Å². The lowest BCUT2D eigenvalue weighted by Gasteiger charge is -2.07. The van der Waals surface area contributed by atoms with Crippen molar-refractivity contribution in [2.45, 2.75) is 0 Å². The van der Waals surface area contributed by atoms with E-state index >= 15 is 0 Å². The van der Waals surface area contributed by atoms with Crippen LogP contribution in [-0.2, 0) is 0 Å². The molecule has 16 heavy (non-hydrogen) atoms. The van der Waals surface area contributed by atoms with Gasteiger partial charge in [0.05, 0.1) is 5.02 Å². The van der Waals surface area contributed by atoms with Crippen molar-refractivity contribution in [3.63, 3.8) is 0 Å². The fraction of sp³-hybridized carbons (Fsp3) is 0. The second kappa shape index (κ2) is 4.96. The lowest BCUT2D eigenvalue weighted by molar-refractivity contribution is 0.483. The van der Waals surface area contributed by atoms with Gasteiger partial charge in [0.2, 0.25) is 0 Å². The summed E-state index contributed by atoms with van der Waals surface area (Å²) in [6.07, 6.45) is 0. The Balaban J connectivity index is 2.30. The van der Waals surface area contributed by atoms with E-state index in [0.29, 0.717) is 26.6 Å². The molecular formula is C12H7Cl3O. The number of hydrogen-bond acceptors (Lipinski definition) is 1. The Morgan fingerprint density at radius 3 is 2.31 bits per heavy atom. The number of halogens is 3. The number of ether oxygens (including phenoxy) is 1. The molecule has 0 heterocycles. The average molecular weight is 274 g/mol. The van der Waals surface area contributed by atoms with Gasteiger partial charge < -0.3 is 4.74 Å². The first-order valence-electron chi connectivity index (χ1n) is 4.53. The Labute approximate surface area is 109 Å². The molecule has 0 saturated carbocycles. The molecule has 0 bridgehead atoms. The van der Waals surface area contributed by atoms with Gasteiger partial charge in [-0.1, -0.05) is 40.9 Å². The van der Waals surface area contributed by atoms with Crippen molar-refractivity contribution in [1.82, 2.24) is 0 Å². The summed E-state index contributed by atoms with van der Waals surface area (Å²) in [5.74, 6) is 1.13. The van der Waals surface area contributed by atoms with E-state index in [2.05, 4.69) is 0 Å². The molecule has 2 aromatic carbocycles.